The Morgan fingerprint density at radius 2 is 1.96 bits per heavy atom. The van der Waals surface area contributed by atoms with E-state index in [4.69, 9.17) is 5.73 Å². The van der Waals surface area contributed by atoms with Crippen molar-refractivity contribution in [3.8, 4) is 0 Å². The maximum atomic E-state index is 13.2. The van der Waals surface area contributed by atoms with Crippen molar-refractivity contribution in [2.24, 2.45) is 0 Å². The second-order valence-corrected chi connectivity index (χ2v) is 7.45. The topological polar surface area (TPSA) is 107 Å². The quantitative estimate of drug-likeness (QED) is 0.308. The Morgan fingerprint density at radius 1 is 1.32 bits per heavy atom. The Morgan fingerprint density at radius 3 is 2.56 bits per heavy atom. The normalized spacial score (nSPS) is 19.8. The Balaban J connectivity index is 2.37. The van der Waals surface area contributed by atoms with Crippen molar-refractivity contribution >= 4 is 70.7 Å². The number of aromatic nitrogens is 2. The Bertz CT molecular complexity index is 1000. The maximum Gasteiger partial charge on any atom is 0.264 e. The molecule has 2 amide bonds. The van der Waals surface area contributed by atoms with Crippen molar-refractivity contribution in [2.75, 3.05) is 5.73 Å². The number of nitrogens with zero attached hydrogens (tertiary/aromatic N) is 2. The Hall–Kier alpha value is -2.44. The zero-order valence-corrected chi connectivity index (χ0v) is 15.1. The summed E-state index contributed by atoms with van der Waals surface area (Å²) in [6, 6.07) is 0.923. The molecule has 7 nitrogen and oxygen atoms in total. The molecule has 1 aromatic carbocycles. The lowest BCUT2D eigenvalue weighted by Gasteiger charge is -2.38. The van der Waals surface area contributed by atoms with Crippen LogP contribution in [0.15, 0.2) is 10.9 Å². The summed E-state index contributed by atoms with van der Waals surface area (Å²) in [7, 11) is 7.41. The van der Waals surface area contributed by atoms with Crippen LogP contribution in [-0.2, 0) is 9.59 Å². The first-order valence-corrected chi connectivity index (χ1v) is 8.17. The fraction of sp³-hybridized carbons (Fsp3) is 0.286. The third-order valence-electron chi connectivity index (χ3n) is 5.02. The first-order chi connectivity index (χ1) is 11.5. The lowest BCUT2D eigenvalue weighted by molar-refractivity contribution is -0.136. The van der Waals surface area contributed by atoms with E-state index in [9.17, 15) is 14.4 Å². The van der Waals surface area contributed by atoms with Gasteiger partial charge in [0, 0.05) is 12.1 Å². The fourth-order valence-corrected chi connectivity index (χ4v) is 3.66. The molecule has 3 rings (SSSR count). The molecule has 1 saturated heterocycles. The zero-order chi connectivity index (χ0) is 18.7. The summed E-state index contributed by atoms with van der Waals surface area (Å²) in [5, 5.41) is 1.93. The number of nitrogen functional groups attached to an aromatic ring is 1. The summed E-state index contributed by atoms with van der Waals surface area (Å²) in [4.78, 5) is 42.0. The van der Waals surface area contributed by atoms with E-state index < -0.39 is 17.2 Å². The molecule has 1 aliphatic rings. The average Bonchev–Trinajstić information content (AvgIpc) is 2.45. The molecule has 11 heteroatoms. The number of fused-ring (bicyclic) bond motifs is 1. The molecule has 124 valence electrons. The molecule has 0 spiro atoms. The van der Waals surface area contributed by atoms with Crippen LogP contribution in [0.25, 0.3) is 10.9 Å². The molecular weight excluding hydrogens is 315 g/mol. The first kappa shape index (κ1) is 17.4. The highest BCUT2D eigenvalue weighted by Crippen LogP contribution is 2.38. The predicted molar refractivity (Wildman–Crippen MR) is 108 cm³/mol. The van der Waals surface area contributed by atoms with Gasteiger partial charge in [-0.1, -0.05) is 10.9 Å². The molecule has 1 aliphatic heterocycles. The van der Waals surface area contributed by atoms with Crippen LogP contribution in [0, 0.1) is 6.92 Å². The predicted octanol–water partition coefficient (Wildman–Crippen LogP) is -5.23. The zero-order valence-electron chi connectivity index (χ0n) is 15.1. The molecule has 0 radical (unpaired) electrons. The van der Waals surface area contributed by atoms with Gasteiger partial charge in [-0.2, -0.15) is 0 Å². The van der Waals surface area contributed by atoms with Gasteiger partial charge in [-0.05, 0) is 18.2 Å². The first-order valence-electron chi connectivity index (χ1n) is 8.17. The summed E-state index contributed by atoms with van der Waals surface area (Å²) < 4.78 is 1.37. The Kier molecular flexibility index (Phi) is 3.85. The van der Waals surface area contributed by atoms with Gasteiger partial charge < -0.3 is 5.73 Å². The van der Waals surface area contributed by atoms with Crippen LogP contribution in [0.5, 0.6) is 0 Å². The molecule has 1 fully saturated rings. The summed E-state index contributed by atoms with van der Waals surface area (Å²) in [5.41, 5.74) is 8.48. The molecule has 0 bridgehead atoms. The standard InChI is InChI=1S/C14H18B4N4O3/c1-4-20-10-8(6(19)2-5(15)9(10)16)13(25)22(4)11-12(24)21-7(23)3-14(11,17)18/h2,11H,3,15-19H2,1H3,(H,21,23,24). The SMILES string of the molecule is Bc1cc(N)c2c(=O)n(C3C(=O)NC(=O)CC3(B)B)c(C)nc2c1B. The monoisotopic (exact) mass is 334 g/mol. The van der Waals surface area contributed by atoms with Crippen molar-refractivity contribution < 1.29 is 9.59 Å². The smallest absolute Gasteiger partial charge is 0.264 e. The van der Waals surface area contributed by atoms with E-state index in [0.717, 1.165) is 10.9 Å². The minimum Gasteiger partial charge on any atom is -0.398 e. The molecule has 2 aromatic rings. The highest BCUT2D eigenvalue weighted by Gasteiger charge is 2.44. The number of anilines is 1. The van der Waals surface area contributed by atoms with Crippen LogP contribution in [0.2, 0.25) is 5.21 Å². The fourth-order valence-electron chi connectivity index (χ4n) is 3.66. The van der Waals surface area contributed by atoms with Crippen LogP contribution in [0.3, 0.4) is 0 Å². The minimum absolute atomic E-state index is 0.149. The van der Waals surface area contributed by atoms with E-state index in [1.54, 1.807) is 28.7 Å². The number of hydrogen-bond acceptors (Lipinski definition) is 5. The van der Waals surface area contributed by atoms with E-state index in [0.29, 0.717) is 22.4 Å². The van der Waals surface area contributed by atoms with Gasteiger partial charge in [0.2, 0.25) is 11.8 Å². The van der Waals surface area contributed by atoms with E-state index >= 15 is 0 Å². The molecule has 0 aliphatic carbocycles. The van der Waals surface area contributed by atoms with Gasteiger partial charge in [0.1, 0.15) is 43.3 Å². The van der Waals surface area contributed by atoms with Crippen molar-refractivity contribution in [1.29, 1.82) is 0 Å². The van der Waals surface area contributed by atoms with Gasteiger partial charge >= 0.3 is 0 Å². The van der Waals surface area contributed by atoms with E-state index in [1.807, 2.05) is 15.7 Å². The summed E-state index contributed by atoms with van der Waals surface area (Å²) in [5.74, 6) is -0.403. The second kappa shape index (κ2) is 5.54. The molecular formula is C14H18B4N4O3. The van der Waals surface area contributed by atoms with Crippen LogP contribution < -0.4 is 27.5 Å². The van der Waals surface area contributed by atoms with Gasteiger partial charge in [0.05, 0.1) is 10.9 Å². The number of carbonyl (C=O) groups excluding carboxylic acids is 2. The Labute approximate surface area is 148 Å². The maximum absolute atomic E-state index is 13.2. The number of piperidine rings is 1. The van der Waals surface area contributed by atoms with E-state index in [1.165, 1.54) is 4.57 Å². The number of nitrogens with two attached hydrogens (primary N) is 1. The lowest BCUT2D eigenvalue weighted by atomic mass is 9.47. The number of aryl methyl sites for hydroxylation is 1. The van der Waals surface area contributed by atoms with Crippen LogP contribution in [0.1, 0.15) is 18.3 Å². The molecule has 3 N–H and O–H groups in total. The number of carbonyl (C=O) groups is 2. The molecule has 1 atom stereocenters. The number of amides is 2. The van der Waals surface area contributed by atoms with Gasteiger partial charge in [-0.15, -0.1) is 0 Å². The van der Waals surface area contributed by atoms with E-state index in [-0.39, 0.29) is 17.9 Å². The number of benzene rings is 1. The number of nitrogens with one attached hydrogen (secondary N) is 1. The molecule has 1 unspecified atom stereocenters. The molecule has 25 heavy (non-hydrogen) atoms. The number of hydrogen-bond donors (Lipinski definition) is 2. The third kappa shape index (κ3) is 2.58. The largest absolute Gasteiger partial charge is 0.398 e. The number of rotatable bonds is 1. The van der Waals surface area contributed by atoms with Crippen molar-refractivity contribution in [2.45, 2.75) is 24.6 Å². The highest BCUT2D eigenvalue weighted by molar-refractivity contribution is 6.52. The number of imide groups is 1. The molecule has 0 saturated carbocycles. The minimum atomic E-state index is -0.824. The van der Waals surface area contributed by atoms with Gasteiger partial charge in [-0.25, -0.2) is 4.98 Å². The van der Waals surface area contributed by atoms with Gasteiger partial charge in [0.25, 0.3) is 5.56 Å². The van der Waals surface area contributed by atoms with Crippen LogP contribution >= 0.6 is 0 Å². The van der Waals surface area contributed by atoms with Crippen LogP contribution in [-0.4, -0.2) is 52.8 Å². The summed E-state index contributed by atoms with van der Waals surface area (Å²) >= 11 is 0. The van der Waals surface area contributed by atoms with Crippen molar-refractivity contribution in [1.82, 2.24) is 14.9 Å². The third-order valence-corrected chi connectivity index (χ3v) is 5.02. The summed E-state index contributed by atoms with van der Waals surface area (Å²) in [6.45, 7) is 1.69. The molecule has 2 heterocycles. The lowest BCUT2D eigenvalue weighted by Crippen LogP contribution is -2.53. The van der Waals surface area contributed by atoms with Gasteiger partial charge in [0.15, 0.2) is 0 Å². The van der Waals surface area contributed by atoms with Gasteiger partial charge in [-0.3, -0.25) is 24.3 Å². The second-order valence-electron chi connectivity index (χ2n) is 7.45. The van der Waals surface area contributed by atoms with Crippen molar-refractivity contribution in [3.63, 3.8) is 0 Å². The van der Waals surface area contributed by atoms with Crippen LogP contribution in [0.4, 0.5) is 5.69 Å². The van der Waals surface area contributed by atoms with E-state index in [2.05, 4.69) is 10.3 Å². The highest BCUT2D eigenvalue weighted by atomic mass is 16.2. The molecule has 1 aromatic heterocycles. The average molecular weight is 334 g/mol. The summed E-state index contributed by atoms with van der Waals surface area (Å²) in [6.07, 6.45) is 0.149. The van der Waals surface area contributed by atoms with Crippen molar-refractivity contribution in [3.05, 3.63) is 22.2 Å².